The Balaban J connectivity index is 0.00000172. The van der Waals surface area contributed by atoms with Crippen molar-refractivity contribution in [1.82, 2.24) is 9.80 Å². The monoisotopic (exact) mass is 284 g/mol. The third kappa shape index (κ3) is 9.35. The molecule has 0 unspecified atom stereocenters. The lowest BCUT2D eigenvalue weighted by Crippen LogP contribution is -2.30. The molecule has 0 N–H and O–H groups in total. The van der Waals surface area contributed by atoms with Crippen LogP contribution < -0.4 is 0 Å². The Bertz CT molecular complexity index is 225. The highest BCUT2D eigenvalue weighted by Crippen LogP contribution is 2.09. The first kappa shape index (κ1) is 19.4. The molecule has 1 saturated heterocycles. The summed E-state index contributed by atoms with van der Waals surface area (Å²) in [5.41, 5.74) is 0. The highest BCUT2D eigenvalue weighted by Gasteiger charge is 2.11. The summed E-state index contributed by atoms with van der Waals surface area (Å²) < 4.78 is 0. The Labute approximate surface area is 126 Å². The molecule has 0 aromatic carbocycles. The molecule has 20 heavy (non-hydrogen) atoms. The first-order valence-corrected chi connectivity index (χ1v) is 8.72. The maximum atomic E-state index is 11.4. The number of carbonyl (C=O) groups excluding carboxylic acids is 1. The fourth-order valence-electron chi connectivity index (χ4n) is 2.60. The Hall–Kier alpha value is -0.570. The second-order valence-corrected chi connectivity index (χ2v) is 5.47. The number of nitrogens with zero attached hydrogens (tertiary/aromatic N) is 2. The van der Waals surface area contributed by atoms with Gasteiger partial charge in [0.25, 0.3) is 0 Å². The highest BCUT2D eigenvalue weighted by molar-refractivity contribution is 5.73. The fourth-order valence-corrected chi connectivity index (χ4v) is 2.60. The summed E-state index contributed by atoms with van der Waals surface area (Å²) >= 11 is 0. The van der Waals surface area contributed by atoms with Gasteiger partial charge in [-0.05, 0) is 51.7 Å². The summed E-state index contributed by atoms with van der Waals surface area (Å²) in [6, 6.07) is 0. The zero-order chi connectivity index (χ0) is 15.2. The molecule has 1 rings (SSSR count). The minimum Gasteiger partial charge on any atom is -0.343 e. The molecule has 0 saturated carbocycles. The van der Waals surface area contributed by atoms with Crippen molar-refractivity contribution < 1.29 is 4.79 Å². The average Bonchev–Trinajstić information content (AvgIpc) is 2.97. The molecule has 3 heteroatoms. The van der Waals surface area contributed by atoms with Gasteiger partial charge in [0.05, 0.1) is 0 Å². The van der Waals surface area contributed by atoms with Crippen LogP contribution in [0.15, 0.2) is 0 Å². The molecule has 0 atom stereocenters. The molecule has 1 fully saturated rings. The van der Waals surface area contributed by atoms with Gasteiger partial charge in [0.2, 0.25) is 5.91 Å². The van der Waals surface area contributed by atoms with Crippen LogP contribution in [-0.4, -0.2) is 48.4 Å². The molecule has 0 spiro atoms. The summed E-state index contributed by atoms with van der Waals surface area (Å²) in [5.74, 6) is 0.239. The largest absolute Gasteiger partial charge is 0.343 e. The van der Waals surface area contributed by atoms with Gasteiger partial charge < -0.3 is 9.80 Å². The van der Waals surface area contributed by atoms with Gasteiger partial charge in [-0.2, -0.15) is 0 Å². The van der Waals surface area contributed by atoms with Crippen LogP contribution in [0.3, 0.4) is 0 Å². The van der Waals surface area contributed by atoms with Gasteiger partial charge >= 0.3 is 0 Å². The normalized spacial score (nSPS) is 14.8. The van der Waals surface area contributed by atoms with E-state index in [9.17, 15) is 4.79 Å². The van der Waals surface area contributed by atoms with Crippen molar-refractivity contribution in [1.29, 1.82) is 0 Å². The third-order valence-electron chi connectivity index (χ3n) is 3.83. The van der Waals surface area contributed by atoms with Crippen molar-refractivity contribution in [2.45, 2.75) is 72.6 Å². The molecule has 0 aliphatic carbocycles. The van der Waals surface area contributed by atoms with E-state index in [1.165, 1.54) is 51.7 Å². The summed E-state index contributed by atoms with van der Waals surface area (Å²) in [5, 5.41) is 0. The lowest BCUT2D eigenvalue weighted by molar-refractivity contribution is -0.129. The third-order valence-corrected chi connectivity index (χ3v) is 3.83. The van der Waals surface area contributed by atoms with Crippen LogP contribution in [-0.2, 0) is 4.79 Å². The molecule has 1 heterocycles. The van der Waals surface area contributed by atoms with Gasteiger partial charge in [-0.25, -0.2) is 0 Å². The van der Waals surface area contributed by atoms with Gasteiger partial charge in [0.1, 0.15) is 0 Å². The van der Waals surface area contributed by atoms with Crippen LogP contribution in [0.1, 0.15) is 72.6 Å². The van der Waals surface area contributed by atoms with Crippen molar-refractivity contribution >= 4 is 5.91 Å². The average molecular weight is 284 g/mol. The lowest BCUT2D eigenvalue weighted by Gasteiger charge is -2.21. The van der Waals surface area contributed by atoms with E-state index in [2.05, 4.69) is 11.8 Å². The van der Waals surface area contributed by atoms with Gasteiger partial charge in [-0.15, -0.1) is 0 Å². The molecular weight excluding hydrogens is 248 g/mol. The number of hydrogen-bond acceptors (Lipinski definition) is 2. The van der Waals surface area contributed by atoms with E-state index >= 15 is 0 Å². The molecule has 0 aromatic rings. The number of unbranched alkanes of at least 4 members (excludes halogenated alkanes) is 3. The zero-order valence-electron chi connectivity index (χ0n) is 14.3. The van der Waals surface area contributed by atoms with Crippen LogP contribution >= 0.6 is 0 Å². The maximum Gasteiger partial charge on any atom is 0.219 e. The number of carbonyl (C=O) groups is 1. The van der Waals surface area contributed by atoms with E-state index in [0.29, 0.717) is 0 Å². The SMILES string of the molecule is CC.CCCCN(CCCCCN1CCCC1)C(C)=O. The minimum absolute atomic E-state index is 0.239. The molecular formula is C17H36N2O. The molecule has 3 nitrogen and oxygen atoms in total. The predicted molar refractivity (Wildman–Crippen MR) is 88.0 cm³/mol. The Morgan fingerprint density at radius 3 is 2.15 bits per heavy atom. The van der Waals surface area contributed by atoms with Crippen molar-refractivity contribution in [2.24, 2.45) is 0 Å². The topological polar surface area (TPSA) is 23.6 Å². The van der Waals surface area contributed by atoms with E-state index in [-0.39, 0.29) is 5.91 Å². The Kier molecular flexibility index (Phi) is 13.0. The highest BCUT2D eigenvalue weighted by atomic mass is 16.2. The van der Waals surface area contributed by atoms with Gasteiger partial charge in [-0.3, -0.25) is 4.79 Å². The van der Waals surface area contributed by atoms with Crippen LogP contribution in [0.4, 0.5) is 0 Å². The van der Waals surface area contributed by atoms with Gasteiger partial charge in [0.15, 0.2) is 0 Å². The smallest absolute Gasteiger partial charge is 0.219 e. The van der Waals surface area contributed by atoms with Crippen molar-refractivity contribution in [3.8, 4) is 0 Å². The summed E-state index contributed by atoms with van der Waals surface area (Å²) in [7, 11) is 0. The maximum absolute atomic E-state index is 11.4. The van der Waals surface area contributed by atoms with E-state index < -0.39 is 0 Å². The standard InChI is InChI=1S/C15H30N2O.C2H6/c1-3-4-13-17(15(2)18)14-7-5-6-10-16-11-8-9-12-16;1-2/h3-14H2,1-2H3;1-2H3. The van der Waals surface area contributed by atoms with E-state index in [0.717, 1.165) is 25.9 Å². The second kappa shape index (κ2) is 13.4. The van der Waals surface area contributed by atoms with E-state index in [4.69, 9.17) is 0 Å². The van der Waals surface area contributed by atoms with Crippen molar-refractivity contribution in [3.63, 3.8) is 0 Å². The first-order valence-electron chi connectivity index (χ1n) is 8.72. The molecule has 120 valence electrons. The van der Waals surface area contributed by atoms with E-state index in [1.54, 1.807) is 6.92 Å². The van der Waals surface area contributed by atoms with Crippen LogP contribution in [0, 0.1) is 0 Å². The molecule has 1 amide bonds. The zero-order valence-corrected chi connectivity index (χ0v) is 14.3. The molecule has 1 aliphatic rings. The van der Waals surface area contributed by atoms with Crippen molar-refractivity contribution in [2.75, 3.05) is 32.7 Å². The fraction of sp³-hybridized carbons (Fsp3) is 0.941. The quantitative estimate of drug-likeness (QED) is 0.599. The van der Waals surface area contributed by atoms with Crippen LogP contribution in [0.25, 0.3) is 0 Å². The Morgan fingerprint density at radius 2 is 1.60 bits per heavy atom. The second-order valence-electron chi connectivity index (χ2n) is 5.47. The molecule has 1 aliphatic heterocycles. The van der Waals surface area contributed by atoms with E-state index in [1.807, 2.05) is 18.7 Å². The van der Waals surface area contributed by atoms with Crippen LogP contribution in [0.2, 0.25) is 0 Å². The molecule has 0 radical (unpaired) electrons. The molecule has 0 aromatic heterocycles. The lowest BCUT2D eigenvalue weighted by atomic mass is 10.2. The first-order chi connectivity index (χ1) is 9.74. The molecule has 0 bridgehead atoms. The summed E-state index contributed by atoms with van der Waals surface area (Å²) in [6.07, 6.45) is 8.78. The summed E-state index contributed by atoms with van der Waals surface area (Å²) in [6.45, 7) is 13.6. The minimum atomic E-state index is 0.239. The van der Waals surface area contributed by atoms with Gasteiger partial charge in [-0.1, -0.05) is 33.6 Å². The van der Waals surface area contributed by atoms with Crippen LogP contribution in [0.5, 0.6) is 0 Å². The Morgan fingerprint density at radius 1 is 1.00 bits per heavy atom. The van der Waals surface area contributed by atoms with Crippen molar-refractivity contribution in [3.05, 3.63) is 0 Å². The number of amides is 1. The summed E-state index contributed by atoms with van der Waals surface area (Å²) in [4.78, 5) is 16.0. The number of likely N-dealkylation sites (tertiary alicyclic amines) is 1. The van der Waals surface area contributed by atoms with Gasteiger partial charge in [0, 0.05) is 20.0 Å². The predicted octanol–water partition coefficient (Wildman–Crippen LogP) is 3.93. The number of rotatable bonds is 9. The number of hydrogen-bond donors (Lipinski definition) is 0.